The molecule has 4 rings (SSSR count). The van der Waals surface area contributed by atoms with Crippen LogP contribution in [-0.2, 0) is 0 Å². The summed E-state index contributed by atoms with van der Waals surface area (Å²) < 4.78 is 0. The summed E-state index contributed by atoms with van der Waals surface area (Å²) in [6, 6.07) is 6.29. The molecule has 1 N–H and O–H groups in total. The number of hydrogen-bond donors (Lipinski definition) is 1. The Morgan fingerprint density at radius 2 is 2.14 bits per heavy atom. The van der Waals surface area contributed by atoms with E-state index in [0.29, 0.717) is 11.6 Å². The molecule has 2 aliphatic heterocycles. The van der Waals surface area contributed by atoms with E-state index < -0.39 is 0 Å². The van der Waals surface area contributed by atoms with Gasteiger partial charge in [0.05, 0.1) is 23.6 Å². The van der Waals surface area contributed by atoms with Gasteiger partial charge in [-0.2, -0.15) is 15.0 Å². The van der Waals surface area contributed by atoms with Crippen LogP contribution in [0.4, 0.5) is 0 Å². The zero-order chi connectivity index (χ0) is 15.1. The molecule has 2 aliphatic rings. The van der Waals surface area contributed by atoms with Crippen molar-refractivity contribution in [3.63, 3.8) is 0 Å². The number of nitrogens with one attached hydrogen (secondary N) is 1. The summed E-state index contributed by atoms with van der Waals surface area (Å²) in [5.74, 6) is 0.817. The number of carbonyl (C=O) groups is 1. The van der Waals surface area contributed by atoms with Crippen LogP contribution in [0.2, 0.25) is 0 Å². The van der Waals surface area contributed by atoms with Gasteiger partial charge in [0, 0.05) is 19.1 Å². The Kier molecular flexibility index (Phi) is 3.18. The van der Waals surface area contributed by atoms with Crippen molar-refractivity contribution in [1.29, 1.82) is 0 Å². The number of hydrogen-bond acceptors (Lipinski definition) is 4. The lowest BCUT2D eigenvalue weighted by Gasteiger charge is -2.46. The topological polar surface area (TPSA) is 63.1 Å². The molecule has 0 aliphatic carbocycles. The molecule has 0 saturated carbocycles. The summed E-state index contributed by atoms with van der Waals surface area (Å²) in [7, 11) is 0. The number of nitrogens with zero attached hydrogens (tertiary/aromatic N) is 4. The fraction of sp³-hybridized carbons (Fsp3) is 0.438. The molecule has 0 radical (unpaired) electrons. The van der Waals surface area contributed by atoms with E-state index >= 15 is 0 Å². The highest BCUT2D eigenvalue weighted by atomic mass is 16.2. The average Bonchev–Trinajstić information content (AvgIpc) is 3.02. The lowest BCUT2D eigenvalue weighted by atomic mass is 9.85. The van der Waals surface area contributed by atoms with Gasteiger partial charge in [-0.25, -0.2) is 0 Å². The maximum atomic E-state index is 13.0. The Labute approximate surface area is 129 Å². The van der Waals surface area contributed by atoms with Crippen molar-refractivity contribution in [3.8, 4) is 5.69 Å². The zero-order valence-electron chi connectivity index (χ0n) is 12.6. The largest absolute Gasteiger partial charge is 0.337 e. The van der Waals surface area contributed by atoms with Crippen molar-refractivity contribution in [2.45, 2.75) is 19.4 Å². The quantitative estimate of drug-likeness (QED) is 0.898. The number of piperidine rings is 1. The van der Waals surface area contributed by atoms with Gasteiger partial charge in [0.15, 0.2) is 0 Å². The Balaban J connectivity index is 1.66. The van der Waals surface area contributed by atoms with Gasteiger partial charge < -0.3 is 10.2 Å². The first-order valence-electron chi connectivity index (χ1n) is 7.72. The molecular formula is C16H19N5O. The molecule has 1 aromatic heterocycles. The van der Waals surface area contributed by atoms with Gasteiger partial charge in [-0.15, -0.1) is 0 Å². The third kappa shape index (κ3) is 2.20. The van der Waals surface area contributed by atoms with Crippen LogP contribution in [0.3, 0.4) is 0 Å². The van der Waals surface area contributed by atoms with Crippen LogP contribution in [0.25, 0.3) is 5.69 Å². The summed E-state index contributed by atoms with van der Waals surface area (Å²) in [6.45, 7) is 4.72. The second kappa shape index (κ2) is 5.21. The minimum atomic E-state index is 0.0724. The lowest BCUT2D eigenvalue weighted by Crippen LogP contribution is -2.62. The molecule has 22 heavy (non-hydrogen) atoms. The summed E-state index contributed by atoms with van der Waals surface area (Å²) >= 11 is 0. The monoisotopic (exact) mass is 297 g/mol. The van der Waals surface area contributed by atoms with E-state index in [0.717, 1.165) is 43.2 Å². The molecule has 0 spiro atoms. The highest BCUT2D eigenvalue weighted by Crippen LogP contribution is 2.26. The van der Waals surface area contributed by atoms with Crippen LogP contribution in [0.5, 0.6) is 0 Å². The third-order valence-corrected chi connectivity index (χ3v) is 4.70. The molecule has 3 heterocycles. The Hall–Kier alpha value is -2.21. The second-order valence-electron chi connectivity index (χ2n) is 6.15. The molecule has 2 saturated heterocycles. The van der Waals surface area contributed by atoms with Crippen molar-refractivity contribution in [3.05, 3.63) is 41.7 Å². The van der Waals surface area contributed by atoms with Gasteiger partial charge >= 0.3 is 0 Å². The maximum absolute atomic E-state index is 13.0. The number of aryl methyl sites for hydroxylation is 1. The predicted molar refractivity (Wildman–Crippen MR) is 81.9 cm³/mol. The van der Waals surface area contributed by atoms with Gasteiger partial charge in [-0.1, -0.05) is 11.6 Å². The fourth-order valence-electron chi connectivity index (χ4n) is 3.31. The van der Waals surface area contributed by atoms with Crippen LogP contribution < -0.4 is 5.32 Å². The second-order valence-corrected chi connectivity index (χ2v) is 6.15. The lowest BCUT2D eigenvalue weighted by molar-refractivity contribution is 0.0518. The number of rotatable bonds is 2. The highest BCUT2D eigenvalue weighted by molar-refractivity contribution is 5.98. The first-order chi connectivity index (χ1) is 10.7. The van der Waals surface area contributed by atoms with Crippen LogP contribution in [0.15, 0.2) is 30.6 Å². The van der Waals surface area contributed by atoms with E-state index in [1.807, 2.05) is 30.0 Å². The first kappa shape index (κ1) is 13.5. The Morgan fingerprint density at radius 1 is 1.32 bits per heavy atom. The van der Waals surface area contributed by atoms with Crippen molar-refractivity contribution in [2.24, 2.45) is 5.92 Å². The standard InChI is InChI=1S/C16H19N5O/c1-11-2-3-15(21-18-5-6-19-21)13(8-11)16(22)20-7-4-12-9-17-14(12)10-20/h2-3,5-6,8,12,14,17H,4,7,9-10H2,1H3. The molecule has 2 unspecified atom stereocenters. The maximum Gasteiger partial charge on any atom is 0.256 e. The summed E-state index contributed by atoms with van der Waals surface area (Å²) in [4.78, 5) is 16.4. The van der Waals surface area contributed by atoms with Crippen molar-refractivity contribution >= 4 is 5.91 Å². The van der Waals surface area contributed by atoms with Crippen molar-refractivity contribution < 1.29 is 4.79 Å². The third-order valence-electron chi connectivity index (χ3n) is 4.70. The van der Waals surface area contributed by atoms with Gasteiger partial charge in [0.25, 0.3) is 5.91 Å². The van der Waals surface area contributed by atoms with Crippen LogP contribution >= 0.6 is 0 Å². The van der Waals surface area contributed by atoms with Crippen LogP contribution in [0.1, 0.15) is 22.3 Å². The molecule has 2 aromatic rings. The van der Waals surface area contributed by atoms with Gasteiger partial charge in [0.2, 0.25) is 0 Å². The molecule has 6 nitrogen and oxygen atoms in total. The molecule has 6 heteroatoms. The number of carbonyl (C=O) groups excluding carboxylic acids is 1. The molecule has 114 valence electrons. The first-order valence-corrected chi connectivity index (χ1v) is 7.72. The molecule has 2 fully saturated rings. The van der Waals surface area contributed by atoms with Crippen LogP contribution in [-0.4, -0.2) is 51.5 Å². The van der Waals surface area contributed by atoms with E-state index in [1.165, 1.54) is 4.80 Å². The zero-order valence-corrected chi connectivity index (χ0v) is 12.6. The number of likely N-dealkylation sites (tertiary alicyclic amines) is 1. The summed E-state index contributed by atoms with van der Waals surface area (Å²) in [5.41, 5.74) is 2.48. The minimum absolute atomic E-state index is 0.0724. The molecule has 1 aromatic carbocycles. The van der Waals surface area contributed by atoms with E-state index in [1.54, 1.807) is 12.4 Å². The van der Waals surface area contributed by atoms with E-state index in [-0.39, 0.29) is 5.91 Å². The summed E-state index contributed by atoms with van der Waals surface area (Å²) in [6.07, 6.45) is 4.33. The predicted octanol–water partition coefficient (Wildman–Crippen LogP) is 1.01. The van der Waals surface area contributed by atoms with Crippen LogP contribution in [0, 0.1) is 12.8 Å². The number of benzene rings is 1. The highest BCUT2D eigenvalue weighted by Gasteiger charge is 2.37. The number of aromatic nitrogens is 3. The Bertz CT molecular complexity index is 697. The van der Waals surface area contributed by atoms with Gasteiger partial charge in [0.1, 0.15) is 0 Å². The molecule has 2 atom stereocenters. The van der Waals surface area contributed by atoms with E-state index in [9.17, 15) is 4.79 Å². The van der Waals surface area contributed by atoms with E-state index in [2.05, 4.69) is 15.5 Å². The average molecular weight is 297 g/mol. The Morgan fingerprint density at radius 3 is 2.82 bits per heavy atom. The van der Waals surface area contributed by atoms with Gasteiger partial charge in [-0.3, -0.25) is 4.79 Å². The molecule has 0 bridgehead atoms. The van der Waals surface area contributed by atoms with Crippen molar-refractivity contribution in [2.75, 3.05) is 19.6 Å². The smallest absolute Gasteiger partial charge is 0.256 e. The fourth-order valence-corrected chi connectivity index (χ4v) is 3.31. The number of amides is 1. The SMILES string of the molecule is Cc1ccc(-n2nccn2)c(C(=O)N2CCC3CNC3C2)c1. The molecular weight excluding hydrogens is 278 g/mol. The summed E-state index contributed by atoms with van der Waals surface area (Å²) in [5, 5.41) is 11.7. The van der Waals surface area contributed by atoms with Gasteiger partial charge in [-0.05, 0) is 37.9 Å². The normalized spacial score (nSPS) is 23.8. The number of fused-ring (bicyclic) bond motifs is 1. The minimum Gasteiger partial charge on any atom is -0.337 e. The van der Waals surface area contributed by atoms with Crippen molar-refractivity contribution in [1.82, 2.24) is 25.2 Å². The molecule has 1 amide bonds. The van der Waals surface area contributed by atoms with E-state index in [4.69, 9.17) is 0 Å².